The summed E-state index contributed by atoms with van der Waals surface area (Å²) < 4.78 is 31.6. The molecule has 0 bridgehead atoms. The van der Waals surface area contributed by atoms with Gasteiger partial charge in [0.1, 0.15) is 16.0 Å². The Balaban J connectivity index is 1.72. The number of carboxylic acid groups (broad SMARTS) is 1. The summed E-state index contributed by atoms with van der Waals surface area (Å²) >= 11 is 0. The van der Waals surface area contributed by atoms with Crippen LogP contribution in [0.5, 0.6) is 0 Å². The first-order valence-corrected chi connectivity index (χ1v) is 9.10. The smallest absolute Gasteiger partial charge is 0.319 e. The molecule has 1 saturated carbocycles. The largest absolute Gasteiger partial charge is 0.480 e. The van der Waals surface area contributed by atoms with Crippen LogP contribution in [0.25, 0.3) is 0 Å². The quantitative estimate of drug-likeness (QED) is 0.752. The summed E-state index contributed by atoms with van der Waals surface area (Å²) in [5, 5.41) is 12.9. The van der Waals surface area contributed by atoms with Crippen LogP contribution in [0.4, 0.5) is 0 Å². The minimum Gasteiger partial charge on any atom is -0.480 e. The van der Waals surface area contributed by atoms with Crippen molar-refractivity contribution in [2.24, 2.45) is 5.41 Å². The summed E-state index contributed by atoms with van der Waals surface area (Å²) in [6, 6.07) is 0. The molecule has 132 valence electrons. The first-order chi connectivity index (χ1) is 11.2. The van der Waals surface area contributed by atoms with Gasteiger partial charge >= 0.3 is 5.97 Å². The third-order valence-electron chi connectivity index (χ3n) is 4.66. The molecule has 2 fully saturated rings. The van der Waals surface area contributed by atoms with Gasteiger partial charge in [-0.1, -0.05) is 5.16 Å². The average molecular weight is 357 g/mol. The van der Waals surface area contributed by atoms with Crippen molar-refractivity contribution in [3.8, 4) is 0 Å². The number of aliphatic carboxylic acids is 1. The van der Waals surface area contributed by atoms with Gasteiger partial charge in [-0.05, 0) is 26.7 Å². The van der Waals surface area contributed by atoms with Crippen molar-refractivity contribution in [1.82, 2.24) is 14.4 Å². The maximum Gasteiger partial charge on any atom is 0.319 e. The number of carbonyl (C=O) groups excluding carboxylic acids is 1. The Morgan fingerprint density at radius 1 is 1.17 bits per heavy atom. The van der Waals surface area contributed by atoms with Crippen molar-refractivity contribution in [2.75, 3.05) is 26.2 Å². The van der Waals surface area contributed by atoms with E-state index in [1.165, 1.54) is 16.1 Å². The molecule has 10 heteroatoms. The maximum atomic E-state index is 12.7. The number of nitrogens with zero attached hydrogens (tertiary/aromatic N) is 3. The summed E-state index contributed by atoms with van der Waals surface area (Å²) in [4.78, 5) is 25.1. The highest BCUT2D eigenvalue weighted by Gasteiger charge is 2.58. The van der Waals surface area contributed by atoms with Crippen LogP contribution in [0.2, 0.25) is 0 Å². The standard InChI is InChI=1S/C14H19N3O6S/c1-9-11(10(2)23-15-9)24(21,22)17-7-5-16(6-8-17)12(18)14(3-4-14)13(19)20/h3-8H2,1-2H3,(H,19,20). The van der Waals surface area contributed by atoms with E-state index in [1.807, 2.05) is 0 Å². The number of carboxylic acids is 1. The number of piperazine rings is 1. The Morgan fingerprint density at radius 3 is 2.17 bits per heavy atom. The van der Waals surface area contributed by atoms with Crippen LogP contribution in [0.1, 0.15) is 24.3 Å². The highest BCUT2D eigenvalue weighted by Crippen LogP contribution is 2.47. The molecule has 1 aliphatic carbocycles. The highest BCUT2D eigenvalue weighted by molar-refractivity contribution is 7.89. The van der Waals surface area contributed by atoms with E-state index in [1.54, 1.807) is 6.92 Å². The number of rotatable bonds is 4. The molecule has 0 aromatic carbocycles. The lowest BCUT2D eigenvalue weighted by molar-refractivity contribution is -0.154. The summed E-state index contributed by atoms with van der Waals surface area (Å²) in [6.45, 7) is 3.69. The van der Waals surface area contributed by atoms with Gasteiger partial charge in [-0.15, -0.1) is 0 Å². The van der Waals surface area contributed by atoms with Gasteiger partial charge in [0.05, 0.1) is 0 Å². The number of aryl methyl sites for hydroxylation is 2. The zero-order valence-corrected chi connectivity index (χ0v) is 14.3. The van der Waals surface area contributed by atoms with Crippen LogP contribution in [0.15, 0.2) is 9.42 Å². The summed E-state index contributed by atoms with van der Waals surface area (Å²) in [5.74, 6) is -1.28. The summed E-state index contributed by atoms with van der Waals surface area (Å²) in [6.07, 6.45) is 0.692. The van der Waals surface area contributed by atoms with Gasteiger partial charge in [0.15, 0.2) is 5.76 Å². The first kappa shape index (κ1) is 16.9. The highest BCUT2D eigenvalue weighted by atomic mass is 32.2. The van der Waals surface area contributed by atoms with E-state index < -0.39 is 27.3 Å². The normalized spacial score (nSPS) is 20.8. The van der Waals surface area contributed by atoms with Gasteiger partial charge in [0.2, 0.25) is 15.9 Å². The molecule has 1 amide bonds. The van der Waals surface area contributed by atoms with E-state index in [0.29, 0.717) is 18.5 Å². The van der Waals surface area contributed by atoms with Crippen molar-refractivity contribution >= 4 is 21.9 Å². The number of hydrogen-bond donors (Lipinski definition) is 1. The zero-order chi connectivity index (χ0) is 17.7. The topological polar surface area (TPSA) is 121 Å². The second kappa shape index (κ2) is 5.55. The molecular formula is C14H19N3O6S. The van der Waals surface area contributed by atoms with Crippen LogP contribution in [-0.2, 0) is 19.6 Å². The first-order valence-electron chi connectivity index (χ1n) is 7.66. The Labute approximate surface area is 139 Å². The molecule has 0 atom stereocenters. The molecule has 0 radical (unpaired) electrons. The van der Waals surface area contributed by atoms with Crippen LogP contribution in [0.3, 0.4) is 0 Å². The summed E-state index contributed by atoms with van der Waals surface area (Å²) in [7, 11) is -3.74. The van der Waals surface area contributed by atoms with Crippen molar-refractivity contribution in [3.05, 3.63) is 11.5 Å². The molecule has 1 saturated heterocycles. The van der Waals surface area contributed by atoms with Crippen molar-refractivity contribution in [3.63, 3.8) is 0 Å². The fourth-order valence-electron chi connectivity index (χ4n) is 3.05. The lowest BCUT2D eigenvalue weighted by Crippen LogP contribution is -2.53. The van der Waals surface area contributed by atoms with Gasteiger partial charge < -0.3 is 14.5 Å². The Hall–Kier alpha value is -1.94. The number of hydrogen-bond acceptors (Lipinski definition) is 6. The van der Waals surface area contributed by atoms with Crippen molar-refractivity contribution < 1.29 is 27.6 Å². The van der Waals surface area contributed by atoms with E-state index in [2.05, 4.69) is 5.16 Å². The van der Waals surface area contributed by atoms with Crippen LogP contribution >= 0.6 is 0 Å². The molecule has 0 unspecified atom stereocenters. The second-order valence-electron chi connectivity index (χ2n) is 6.24. The minimum absolute atomic E-state index is 0.0616. The SMILES string of the molecule is Cc1noc(C)c1S(=O)(=O)N1CCN(C(=O)C2(C(=O)O)CC2)CC1. The van der Waals surface area contributed by atoms with E-state index in [4.69, 9.17) is 4.52 Å². The fraction of sp³-hybridized carbons (Fsp3) is 0.643. The van der Waals surface area contributed by atoms with E-state index in [-0.39, 0.29) is 36.8 Å². The molecule has 9 nitrogen and oxygen atoms in total. The number of amides is 1. The predicted molar refractivity (Wildman–Crippen MR) is 80.6 cm³/mol. The van der Waals surface area contributed by atoms with Gasteiger partial charge in [0, 0.05) is 26.2 Å². The van der Waals surface area contributed by atoms with E-state index in [0.717, 1.165) is 0 Å². The average Bonchev–Trinajstić information content (AvgIpc) is 3.28. The van der Waals surface area contributed by atoms with Gasteiger partial charge in [-0.25, -0.2) is 8.42 Å². The third kappa shape index (κ3) is 2.49. The number of sulfonamides is 1. The summed E-state index contributed by atoms with van der Waals surface area (Å²) in [5.41, 5.74) is -0.989. The van der Waals surface area contributed by atoms with Crippen LogP contribution in [-0.4, -0.2) is 65.9 Å². The van der Waals surface area contributed by atoms with Gasteiger partial charge in [-0.3, -0.25) is 9.59 Å². The van der Waals surface area contributed by atoms with Crippen molar-refractivity contribution in [2.45, 2.75) is 31.6 Å². The predicted octanol–water partition coefficient (Wildman–Crippen LogP) is -0.0109. The molecular weight excluding hydrogens is 338 g/mol. The minimum atomic E-state index is -3.74. The monoisotopic (exact) mass is 357 g/mol. The molecule has 2 aliphatic rings. The number of aromatic nitrogens is 1. The fourth-order valence-corrected chi connectivity index (χ4v) is 4.76. The van der Waals surface area contributed by atoms with Gasteiger partial charge in [0.25, 0.3) is 0 Å². The Kier molecular flexibility index (Phi) is 3.91. The number of carbonyl (C=O) groups is 2. The van der Waals surface area contributed by atoms with Crippen LogP contribution < -0.4 is 0 Å². The molecule has 1 aromatic rings. The zero-order valence-electron chi connectivity index (χ0n) is 13.5. The molecule has 24 heavy (non-hydrogen) atoms. The molecule has 3 rings (SSSR count). The molecule has 1 aromatic heterocycles. The second-order valence-corrected chi connectivity index (χ2v) is 8.11. The molecule has 2 heterocycles. The molecule has 1 aliphatic heterocycles. The van der Waals surface area contributed by atoms with E-state index >= 15 is 0 Å². The lowest BCUT2D eigenvalue weighted by Gasteiger charge is -2.35. The molecule has 1 N–H and O–H groups in total. The van der Waals surface area contributed by atoms with E-state index in [9.17, 15) is 23.1 Å². The van der Waals surface area contributed by atoms with Crippen LogP contribution in [0, 0.1) is 19.3 Å². The third-order valence-corrected chi connectivity index (χ3v) is 6.80. The Bertz CT molecular complexity index is 768. The molecule has 0 spiro atoms. The Morgan fingerprint density at radius 2 is 1.75 bits per heavy atom. The van der Waals surface area contributed by atoms with Crippen molar-refractivity contribution in [1.29, 1.82) is 0 Å². The lowest BCUT2D eigenvalue weighted by atomic mass is 10.1. The maximum absolute atomic E-state index is 12.7. The van der Waals surface area contributed by atoms with Gasteiger partial charge in [-0.2, -0.15) is 4.31 Å².